The van der Waals surface area contributed by atoms with Crippen LogP contribution in [0.3, 0.4) is 0 Å². The summed E-state index contributed by atoms with van der Waals surface area (Å²) in [6.07, 6.45) is 7.50. The molecule has 0 saturated carbocycles. The molecule has 1 unspecified atom stereocenters. The van der Waals surface area contributed by atoms with E-state index < -0.39 is 0 Å². The molecule has 3 aromatic heterocycles. The molecule has 28 heavy (non-hydrogen) atoms. The first kappa shape index (κ1) is 22.1. The predicted molar refractivity (Wildman–Crippen MR) is 106 cm³/mol. The zero-order valence-electron chi connectivity index (χ0n) is 15.7. The average molecular weight is 547 g/mol. The maximum absolute atomic E-state index is 7.00. The minimum atomic E-state index is 0. The van der Waals surface area contributed by atoms with Crippen LogP contribution in [-0.2, 0) is 21.1 Å². The second kappa shape index (κ2) is 11.6. The maximum atomic E-state index is 7.00. The molecule has 0 aromatic carbocycles. The van der Waals surface area contributed by atoms with Gasteiger partial charge in [-0.2, -0.15) is 0 Å². The van der Waals surface area contributed by atoms with Crippen LogP contribution in [0.4, 0.5) is 11.6 Å². The fraction of sp³-hybridized carbons (Fsp3) is 0.300. The quantitative estimate of drug-likeness (QED) is 0.519. The molecule has 0 bridgehead atoms. The Bertz CT molecular complexity index is 829. The van der Waals surface area contributed by atoms with E-state index in [-0.39, 0.29) is 27.0 Å². The molecular weight excluding hydrogens is 524 g/mol. The van der Waals surface area contributed by atoms with Gasteiger partial charge in [0.2, 0.25) is 0 Å². The van der Waals surface area contributed by atoms with Crippen molar-refractivity contribution in [3.05, 3.63) is 66.1 Å². The van der Waals surface area contributed by atoms with Crippen LogP contribution in [0.25, 0.3) is 16.6 Å². The Labute approximate surface area is 179 Å². The SMILES string of the molecule is CO.[W].c1ccc(Nc2cc(-c3cccnc3)nc(C3CCC[N-]C3)n2)nc1. The number of pyridine rings is 2. The van der Waals surface area contributed by atoms with Crippen LogP contribution in [0.5, 0.6) is 0 Å². The summed E-state index contributed by atoms with van der Waals surface area (Å²) in [6, 6.07) is 11.6. The minimum absolute atomic E-state index is 0. The fourth-order valence-electron chi connectivity index (χ4n) is 2.94. The van der Waals surface area contributed by atoms with Crippen LogP contribution in [0.2, 0.25) is 0 Å². The van der Waals surface area contributed by atoms with Gasteiger partial charge in [0.15, 0.2) is 0 Å². The van der Waals surface area contributed by atoms with Gasteiger partial charge in [-0.1, -0.05) is 12.5 Å². The smallest absolute Gasteiger partial charge is 0.135 e. The van der Waals surface area contributed by atoms with E-state index in [2.05, 4.69) is 20.6 Å². The molecule has 0 amide bonds. The first-order valence-electron chi connectivity index (χ1n) is 8.94. The monoisotopic (exact) mass is 547 g/mol. The Morgan fingerprint density at radius 2 is 1.96 bits per heavy atom. The van der Waals surface area contributed by atoms with Crippen molar-refractivity contribution in [3.63, 3.8) is 0 Å². The molecule has 7 nitrogen and oxygen atoms in total. The van der Waals surface area contributed by atoms with Crippen molar-refractivity contribution in [1.82, 2.24) is 19.9 Å². The Balaban J connectivity index is 0.000000906. The molecule has 0 radical (unpaired) electrons. The molecule has 4 rings (SSSR count). The standard InChI is InChI=1S/C19H19N6.CH4O.W/c1-2-10-22-17(7-1)24-18-11-16(14-5-3-8-20-12-14)23-19(25-18)15-6-4-9-21-13-15;1-2;/h1-3,5,7-8,10-12,15H,4,6,9,13H2,(H,22,23,24,25);2H,1H3;/q-1;;. The number of aliphatic hydroxyl groups excluding tert-OH is 1. The normalized spacial score (nSPS) is 15.6. The third kappa shape index (κ3) is 5.89. The van der Waals surface area contributed by atoms with Crippen LogP contribution in [0, 0.1) is 0 Å². The van der Waals surface area contributed by atoms with Gasteiger partial charge in [0.05, 0.1) is 5.69 Å². The zero-order chi connectivity index (χ0) is 18.9. The van der Waals surface area contributed by atoms with E-state index in [9.17, 15) is 0 Å². The van der Waals surface area contributed by atoms with Crippen molar-refractivity contribution in [2.24, 2.45) is 0 Å². The number of hydrogen-bond donors (Lipinski definition) is 2. The van der Waals surface area contributed by atoms with Crippen molar-refractivity contribution in [2.45, 2.75) is 18.8 Å². The van der Waals surface area contributed by atoms with Crippen molar-refractivity contribution < 1.29 is 26.2 Å². The van der Waals surface area contributed by atoms with E-state index >= 15 is 0 Å². The summed E-state index contributed by atoms with van der Waals surface area (Å²) in [6.45, 7) is 1.73. The zero-order valence-corrected chi connectivity index (χ0v) is 18.6. The van der Waals surface area contributed by atoms with Crippen molar-refractivity contribution in [1.29, 1.82) is 0 Å². The number of piperidine rings is 1. The third-order valence-corrected chi connectivity index (χ3v) is 4.21. The number of aromatic nitrogens is 4. The molecule has 0 spiro atoms. The van der Waals surface area contributed by atoms with Gasteiger partial charge < -0.3 is 15.7 Å². The number of anilines is 2. The number of nitrogens with zero attached hydrogens (tertiary/aromatic N) is 5. The number of hydrogen-bond acceptors (Lipinski definition) is 6. The second-order valence-electron chi connectivity index (χ2n) is 6.05. The van der Waals surface area contributed by atoms with Crippen LogP contribution in [-0.4, -0.2) is 45.2 Å². The van der Waals surface area contributed by atoms with Crippen LogP contribution < -0.4 is 5.32 Å². The molecule has 1 aliphatic heterocycles. The molecule has 0 aliphatic carbocycles. The summed E-state index contributed by atoms with van der Waals surface area (Å²) in [5, 5.41) is 14.8. The minimum Gasteiger partial charge on any atom is -0.662 e. The predicted octanol–water partition coefficient (Wildman–Crippen LogP) is 3.53. The summed E-state index contributed by atoms with van der Waals surface area (Å²) in [5.41, 5.74) is 1.84. The average Bonchev–Trinajstić information content (AvgIpc) is 2.77. The molecule has 2 N–H and O–H groups in total. The van der Waals surface area contributed by atoms with Gasteiger partial charge in [-0.3, -0.25) is 4.98 Å². The molecule has 1 fully saturated rings. The summed E-state index contributed by atoms with van der Waals surface area (Å²) >= 11 is 0. The third-order valence-electron chi connectivity index (χ3n) is 4.21. The first-order chi connectivity index (χ1) is 13.4. The summed E-state index contributed by atoms with van der Waals surface area (Å²) in [5.74, 6) is 2.61. The first-order valence-corrected chi connectivity index (χ1v) is 8.94. The van der Waals surface area contributed by atoms with Crippen LogP contribution in [0.1, 0.15) is 24.6 Å². The van der Waals surface area contributed by atoms with E-state index in [1.165, 1.54) is 0 Å². The van der Waals surface area contributed by atoms with Gasteiger partial charge in [-0.05, 0) is 30.7 Å². The number of nitrogens with one attached hydrogen (secondary N) is 1. The number of aliphatic hydroxyl groups is 1. The molecule has 4 heterocycles. The van der Waals surface area contributed by atoms with Crippen molar-refractivity contribution in [3.8, 4) is 11.3 Å². The summed E-state index contributed by atoms with van der Waals surface area (Å²) < 4.78 is 0. The molecule has 1 aliphatic rings. The molecule has 3 aromatic rings. The molecule has 8 heteroatoms. The van der Waals surface area contributed by atoms with Crippen LogP contribution in [0.15, 0.2) is 55.0 Å². The van der Waals surface area contributed by atoms with Crippen molar-refractivity contribution in [2.75, 3.05) is 25.5 Å². The number of rotatable bonds is 4. The topological polar surface area (TPSA) is 97.9 Å². The van der Waals surface area contributed by atoms with E-state index in [0.717, 1.165) is 61.8 Å². The van der Waals surface area contributed by atoms with Crippen LogP contribution >= 0.6 is 0 Å². The summed E-state index contributed by atoms with van der Waals surface area (Å²) in [7, 11) is 1.00. The van der Waals surface area contributed by atoms with Gasteiger partial charge in [0.25, 0.3) is 0 Å². The summed E-state index contributed by atoms with van der Waals surface area (Å²) in [4.78, 5) is 18.1. The van der Waals surface area contributed by atoms with E-state index in [0.29, 0.717) is 0 Å². The molecule has 1 saturated heterocycles. The molecule has 146 valence electrons. The maximum Gasteiger partial charge on any atom is 0.135 e. The Kier molecular flexibility index (Phi) is 9.14. The van der Waals surface area contributed by atoms with Gasteiger partial charge in [-0.15, -0.1) is 13.1 Å². The largest absolute Gasteiger partial charge is 0.662 e. The van der Waals surface area contributed by atoms with Gasteiger partial charge in [0, 0.05) is 64.3 Å². The van der Waals surface area contributed by atoms with E-state index in [1.54, 1.807) is 12.4 Å². The van der Waals surface area contributed by atoms with Gasteiger partial charge in [-0.25, -0.2) is 15.0 Å². The van der Waals surface area contributed by atoms with Gasteiger partial charge >= 0.3 is 0 Å². The van der Waals surface area contributed by atoms with Crippen molar-refractivity contribution >= 4 is 11.6 Å². The van der Waals surface area contributed by atoms with Gasteiger partial charge in [0.1, 0.15) is 17.5 Å². The Morgan fingerprint density at radius 3 is 2.64 bits per heavy atom. The molecule has 1 atom stereocenters. The van der Waals surface area contributed by atoms with E-state index in [1.807, 2.05) is 42.6 Å². The second-order valence-corrected chi connectivity index (χ2v) is 6.05. The Hall–Kier alpha value is -2.21. The van der Waals surface area contributed by atoms with E-state index in [4.69, 9.17) is 15.1 Å². The fourth-order valence-corrected chi connectivity index (χ4v) is 2.94. The molecular formula is C20H23N6OW-. The Morgan fingerprint density at radius 1 is 1.07 bits per heavy atom.